The molecule has 8 nitrogen and oxygen atoms in total. The highest BCUT2D eigenvalue weighted by Gasteiger charge is 2.17. The summed E-state index contributed by atoms with van der Waals surface area (Å²) in [5.74, 6) is -0.153. The molecular weight excluding hydrogens is 272 g/mol. The van der Waals surface area contributed by atoms with E-state index in [0.29, 0.717) is 0 Å². The predicted octanol–water partition coefficient (Wildman–Crippen LogP) is -0.0336. The zero-order valence-corrected chi connectivity index (χ0v) is 12.3. The van der Waals surface area contributed by atoms with Crippen LogP contribution in [0.15, 0.2) is 6.33 Å². The van der Waals surface area contributed by atoms with Crippen molar-refractivity contribution in [2.24, 2.45) is 5.73 Å². The highest BCUT2D eigenvalue weighted by atomic mass is 16.2. The third kappa shape index (κ3) is 4.52. The lowest BCUT2D eigenvalue weighted by atomic mass is 10.2. The number of amides is 2. The summed E-state index contributed by atoms with van der Waals surface area (Å²) in [5.41, 5.74) is 5.45. The van der Waals surface area contributed by atoms with Crippen LogP contribution in [-0.4, -0.2) is 50.6 Å². The predicted molar refractivity (Wildman–Crippen MR) is 77.3 cm³/mol. The first-order chi connectivity index (χ1) is 10.1. The highest BCUT2D eigenvalue weighted by molar-refractivity contribution is 5.92. The standard InChI is InChI=1S/C13H22N6O2/c1-10(14)12(21)16-13-15-9-19(17-13)8-11(20)18-6-4-2-3-5-7-18/h9-10H,2-8,14H2,1H3,(H,16,17,21)/t10-/m0/s1. The van der Waals surface area contributed by atoms with E-state index in [1.807, 2.05) is 4.90 Å². The Bertz CT molecular complexity index is 491. The fraction of sp³-hybridized carbons (Fsp3) is 0.692. The summed E-state index contributed by atoms with van der Waals surface area (Å²) in [6.07, 6.45) is 5.91. The van der Waals surface area contributed by atoms with Crippen LogP contribution in [0.25, 0.3) is 0 Å². The molecule has 8 heteroatoms. The fourth-order valence-electron chi connectivity index (χ4n) is 2.21. The van der Waals surface area contributed by atoms with Crippen molar-refractivity contribution in [3.05, 3.63) is 6.33 Å². The molecular formula is C13H22N6O2. The summed E-state index contributed by atoms with van der Waals surface area (Å²) >= 11 is 0. The van der Waals surface area contributed by atoms with E-state index in [2.05, 4.69) is 15.4 Å². The van der Waals surface area contributed by atoms with Crippen LogP contribution in [0.5, 0.6) is 0 Å². The number of hydrogen-bond acceptors (Lipinski definition) is 5. The van der Waals surface area contributed by atoms with E-state index < -0.39 is 6.04 Å². The average molecular weight is 294 g/mol. The van der Waals surface area contributed by atoms with Crippen molar-refractivity contribution in [1.29, 1.82) is 0 Å². The van der Waals surface area contributed by atoms with Crippen LogP contribution in [-0.2, 0) is 16.1 Å². The first-order valence-corrected chi connectivity index (χ1v) is 7.30. The Morgan fingerprint density at radius 1 is 1.33 bits per heavy atom. The van der Waals surface area contributed by atoms with Crippen LogP contribution in [0.3, 0.4) is 0 Å². The van der Waals surface area contributed by atoms with Crippen LogP contribution >= 0.6 is 0 Å². The SMILES string of the molecule is C[C@H](N)C(=O)Nc1ncn(CC(=O)N2CCCCCC2)n1. The quantitative estimate of drug-likeness (QED) is 0.811. The van der Waals surface area contributed by atoms with Gasteiger partial charge in [-0.3, -0.25) is 14.9 Å². The number of carbonyl (C=O) groups is 2. The Labute approximate surface area is 123 Å². The molecule has 21 heavy (non-hydrogen) atoms. The van der Waals surface area contributed by atoms with Crippen LogP contribution < -0.4 is 11.1 Å². The summed E-state index contributed by atoms with van der Waals surface area (Å²) in [4.78, 5) is 29.4. The second kappa shape index (κ2) is 7.16. The van der Waals surface area contributed by atoms with Crippen LogP contribution in [0.1, 0.15) is 32.6 Å². The molecule has 0 saturated carbocycles. The largest absolute Gasteiger partial charge is 0.341 e. The van der Waals surface area contributed by atoms with E-state index in [1.165, 1.54) is 23.9 Å². The lowest BCUT2D eigenvalue weighted by Gasteiger charge is -2.19. The van der Waals surface area contributed by atoms with Gasteiger partial charge in [-0.1, -0.05) is 12.8 Å². The number of anilines is 1. The number of rotatable bonds is 4. The normalized spacial score (nSPS) is 17.1. The Hall–Kier alpha value is -1.96. The molecule has 0 bridgehead atoms. The summed E-state index contributed by atoms with van der Waals surface area (Å²) in [6, 6.07) is -0.629. The van der Waals surface area contributed by atoms with Gasteiger partial charge in [0.25, 0.3) is 0 Å². The van der Waals surface area contributed by atoms with Crippen molar-refractivity contribution in [2.75, 3.05) is 18.4 Å². The molecule has 1 aromatic rings. The maximum Gasteiger partial charge on any atom is 0.248 e. The number of carbonyl (C=O) groups excluding carboxylic acids is 2. The number of hydrogen-bond donors (Lipinski definition) is 2. The highest BCUT2D eigenvalue weighted by Crippen LogP contribution is 2.10. The molecule has 1 aromatic heterocycles. The Kier molecular flexibility index (Phi) is 5.26. The topological polar surface area (TPSA) is 106 Å². The van der Waals surface area contributed by atoms with Gasteiger partial charge in [0.05, 0.1) is 6.04 Å². The summed E-state index contributed by atoms with van der Waals surface area (Å²) in [7, 11) is 0. The molecule has 0 aromatic carbocycles. The van der Waals surface area contributed by atoms with Crippen molar-refractivity contribution in [1.82, 2.24) is 19.7 Å². The first kappa shape index (κ1) is 15.4. The maximum atomic E-state index is 12.2. The van der Waals surface area contributed by atoms with Gasteiger partial charge in [0.1, 0.15) is 12.9 Å². The fourth-order valence-corrected chi connectivity index (χ4v) is 2.21. The molecule has 0 aliphatic carbocycles. The molecule has 0 radical (unpaired) electrons. The molecule has 0 spiro atoms. The smallest absolute Gasteiger partial charge is 0.248 e. The van der Waals surface area contributed by atoms with Gasteiger partial charge in [0.2, 0.25) is 17.8 Å². The number of nitrogens with zero attached hydrogens (tertiary/aromatic N) is 4. The molecule has 0 unspecified atom stereocenters. The molecule has 1 aliphatic rings. The summed E-state index contributed by atoms with van der Waals surface area (Å²) < 4.78 is 1.43. The monoisotopic (exact) mass is 294 g/mol. The van der Waals surface area contributed by atoms with Gasteiger partial charge >= 0.3 is 0 Å². The maximum absolute atomic E-state index is 12.2. The van der Waals surface area contributed by atoms with Gasteiger partial charge in [0.15, 0.2) is 0 Å². The van der Waals surface area contributed by atoms with Crippen molar-refractivity contribution in [3.8, 4) is 0 Å². The minimum absolute atomic E-state index is 0.0341. The van der Waals surface area contributed by atoms with Gasteiger partial charge in [-0.25, -0.2) is 9.67 Å². The zero-order chi connectivity index (χ0) is 15.2. The first-order valence-electron chi connectivity index (χ1n) is 7.30. The second-order valence-corrected chi connectivity index (χ2v) is 5.34. The van der Waals surface area contributed by atoms with Gasteiger partial charge in [-0.2, -0.15) is 0 Å². The van der Waals surface area contributed by atoms with E-state index >= 15 is 0 Å². The van der Waals surface area contributed by atoms with E-state index in [4.69, 9.17) is 5.73 Å². The number of nitrogens with one attached hydrogen (secondary N) is 1. The van der Waals surface area contributed by atoms with Crippen molar-refractivity contribution >= 4 is 17.8 Å². The van der Waals surface area contributed by atoms with E-state index in [-0.39, 0.29) is 24.3 Å². The third-order valence-corrected chi connectivity index (χ3v) is 3.44. The van der Waals surface area contributed by atoms with Gasteiger partial charge < -0.3 is 10.6 Å². The number of nitrogens with two attached hydrogens (primary N) is 1. The second-order valence-electron chi connectivity index (χ2n) is 5.34. The summed E-state index contributed by atoms with van der Waals surface area (Å²) in [5, 5.41) is 6.55. The molecule has 3 N–H and O–H groups in total. The van der Waals surface area contributed by atoms with Crippen molar-refractivity contribution in [2.45, 2.75) is 45.2 Å². The summed E-state index contributed by atoms with van der Waals surface area (Å²) in [6.45, 7) is 3.33. The molecule has 2 heterocycles. The Morgan fingerprint density at radius 3 is 2.62 bits per heavy atom. The van der Waals surface area contributed by atoms with Gasteiger partial charge in [-0.05, 0) is 19.8 Å². The molecule has 1 aliphatic heterocycles. The zero-order valence-electron chi connectivity index (χ0n) is 12.3. The van der Waals surface area contributed by atoms with E-state index in [1.54, 1.807) is 6.92 Å². The van der Waals surface area contributed by atoms with E-state index in [0.717, 1.165) is 25.9 Å². The average Bonchev–Trinajstić information content (AvgIpc) is 2.72. The van der Waals surface area contributed by atoms with Crippen LogP contribution in [0.2, 0.25) is 0 Å². The van der Waals surface area contributed by atoms with Gasteiger partial charge in [0, 0.05) is 13.1 Å². The lowest BCUT2D eigenvalue weighted by molar-refractivity contribution is -0.132. The van der Waals surface area contributed by atoms with Crippen molar-refractivity contribution < 1.29 is 9.59 Å². The molecule has 2 amide bonds. The Morgan fingerprint density at radius 2 is 2.00 bits per heavy atom. The van der Waals surface area contributed by atoms with Crippen LogP contribution in [0.4, 0.5) is 5.95 Å². The molecule has 2 rings (SSSR count). The van der Waals surface area contributed by atoms with E-state index in [9.17, 15) is 9.59 Å². The van der Waals surface area contributed by atoms with Crippen LogP contribution in [0, 0.1) is 0 Å². The van der Waals surface area contributed by atoms with Gasteiger partial charge in [-0.15, -0.1) is 5.10 Å². The molecule has 1 fully saturated rings. The number of aromatic nitrogens is 3. The number of likely N-dealkylation sites (tertiary alicyclic amines) is 1. The lowest BCUT2D eigenvalue weighted by Crippen LogP contribution is -2.35. The molecule has 116 valence electrons. The minimum Gasteiger partial charge on any atom is -0.341 e. The molecule has 1 saturated heterocycles. The minimum atomic E-state index is -0.629. The molecule has 1 atom stereocenters. The Balaban J connectivity index is 1.89. The third-order valence-electron chi connectivity index (χ3n) is 3.44. The van der Waals surface area contributed by atoms with Crippen molar-refractivity contribution in [3.63, 3.8) is 0 Å².